The van der Waals surface area contributed by atoms with Crippen molar-refractivity contribution in [1.29, 1.82) is 0 Å². The van der Waals surface area contributed by atoms with E-state index in [-0.39, 0.29) is 11.0 Å². The topological polar surface area (TPSA) is 76.1 Å². The number of hydrogen-bond donors (Lipinski definition) is 2. The second-order valence-corrected chi connectivity index (χ2v) is 6.56. The highest BCUT2D eigenvalue weighted by atomic mass is 32.1. The van der Waals surface area contributed by atoms with Crippen LogP contribution in [0.2, 0.25) is 0 Å². The Bertz CT molecular complexity index is 1080. The molecule has 0 unspecified atom stereocenters. The van der Waals surface area contributed by atoms with E-state index in [0.717, 1.165) is 17.0 Å². The van der Waals surface area contributed by atoms with Crippen molar-refractivity contribution in [3.63, 3.8) is 0 Å². The van der Waals surface area contributed by atoms with Gasteiger partial charge in [0.05, 0.1) is 17.0 Å². The summed E-state index contributed by atoms with van der Waals surface area (Å²) in [5, 5.41) is 5.77. The highest BCUT2D eigenvalue weighted by Gasteiger charge is 2.08. The Kier molecular flexibility index (Phi) is 7.02. The van der Waals surface area contributed by atoms with Crippen LogP contribution < -0.4 is 15.4 Å². The van der Waals surface area contributed by atoms with E-state index >= 15 is 0 Å². The largest absolute Gasteiger partial charge is 0.487 e. The lowest BCUT2D eigenvalue weighted by Crippen LogP contribution is -2.34. The number of nitrogens with zero attached hydrogens (tertiary/aromatic N) is 2. The average molecular weight is 417 g/mol. The van der Waals surface area contributed by atoms with Crippen molar-refractivity contribution in [1.82, 2.24) is 15.3 Å². The number of carbonyl (C=O) groups excluding carboxylic acids is 1. The second kappa shape index (κ2) is 10.1. The standard InChI is InChI=1S/C23H20N4O2S/c1-3-16-10-11-19(25-21(16)4-2)15-29-20-9-5-8-18(13-20)26-23(30)27-22(28)17-7-6-12-24-14-17/h3-14H,1-2,15H2,(H2,26,27,28,30). The lowest BCUT2D eigenvalue weighted by molar-refractivity contribution is 0.0977. The van der Waals surface area contributed by atoms with Gasteiger partial charge in [-0.25, -0.2) is 4.98 Å². The minimum Gasteiger partial charge on any atom is -0.487 e. The van der Waals surface area contributed by atoms with Crippen LogP contribution in [0, 0.1) is 0 Å². The molecule has 2 heterocycles. The van der Waals surface area contributed by atoms with Crippen LogP contribution in [0.3, 0.4) is 0 Å². The maximum Gasteiger partial charge on any atom is 0.258 e. The molecular formula is C23H20N4O2S. The lowest BCUT2D eigenvalue weighted by atomic mass is 10.1. The first-order valence-electron chi connectivity index (χ1n) is 9.09. The number of aromatic nitrogens is 2. The number of rotatable bonds is 7. The molecule has 0 bridgehead atoms. The summed E-state index contributed by atoms with van der Waals surface area (Å²) in [6, 6.07) is 14.4. The van der Waals surface area contributed by atoms with Crippen molar-refractivity contribution < 1.29 is 9.53 Å². The van der Waals surface area contributed by atoms with E-state index in [1.54, 1.807) is 36.5 Å². The first-order valence-corrected chi connectivity index (χ1v) is 9.50. The number of thiocarbonyl (C=S) groups is 1. The van der Waals surface area contributed by atoms with Crippen LogP contribution in [0.5, 0.6) is 5.75 Å². The number of pyridine rings is 2. The van der Waals surface area contributed by atoms with Crippen molar-refractivity contribution in [2.24, 2.45) is 0 Å². The van der Waals surface area contributed by atoms with E-state index < -0.39 is 0 Å². The van der Waals surface area contributed by atoms with Crippen LogP contribution in [0.1, 0.15) is 27.3 Å². The Morgan fingerprint density at radius 2 is 2.00 bits per heavy atom. The van der Waals surface area contributed by atoms with Crippen LogP contribution in [0.15, 0.2) is 74.1 Å². The van der Waals surface area contributed by atoms with Crippen molar-refractivity contribution in [3.05, 3.63) is 96.6 Å². The maximum atomic E-state index is 12.1. The van der Waals surface area contributed by atoms with Crippen molar-refractivity contribution in [3.8, 4) is 5.75 Å². The number of carbonyl (C=O) groups is 1. The minimum absolute atomic E-state index is 0.179. The molecule has 0 saturated heterocycles. The van der Waals surface area contributed by atoms with Crippen LogP contribution >= 0.6 is 12.2 Å². The van der Waals surface area contributed by atoms with Crippen LogP contribution in [-0.4, -0.2) is 21.0 Å². The molecule has 0 aliphatic heterocycles. The Hall–Kier alpha value is -3.84. The molecule has 1 amide bonds. The monoisotopic (exact) mass is 416 g/mol. The Balaban J connectivity index is 1.59. The fraction of sp³-hybridized carbons (Fsp3) is 0.0435. The number of nitrogens with one attached hydrogen (secondary N) is 2. The van der Waals surface area contributed by atoms with E-state index in [1.807, 2.05) is 30.3 Å². The van der Waals surface area contributed by atoms with Gasteiger partial charge in [-0.2, -0.15) is 0 Å². The second-order valence-electron chi connectivity index (χ2n) is 6.15. The molecule has 0 radical (unpaired) electrons. The molecule has 3 rings (SSSR count). The fourth-order valence-corrected chi connectivity index (χ4v) is 2.81. The van der Waals surface area contributed by atoms with E-state index in [2.05, 4.69) is 33.8 Å². The zero-order valence-corrected chi connectivity index (χ0v) is 17.0. The molecule has 30 heavy (non-hydrogen) atoms. The van der Waals surface area contributed by atoms with Gasteiger partial charge in [-0.3, -0.25) is 15.1 Å². The molecule has 7 heteroatoms. The average Bonchev–Trinajstić information content (AvgIpc) is 2.78. The zero-order chi connectivity index (χ0) is 21.3. The molecule has 0 saturated carbocycles. The van der Waals surface area contributed by atoms with E-state index in [4.69, 9.17) is 17.0 Å². The molecular weight excluding hydrogens is 396 g/mol. The minimum atomic E-state index is -0.333. The molecule has 2 aromatic heterocycles. The summed E-state index contributed by atoms with van der Waals surface area (Å²) in [7, 11) is 0. The van der Waals surface area contributed by atoms with Crippen molar-refractivity contribution >= 4 is 41.1 Å². The molecule has 3 aromatic rings. The van der Waals surface area contributed by atoms with Gasteiger partial charge in [0, 0.05) is 24.1 Å². The zero-order valence-electron chi connectivity index (χ0n) is 16.2. The molecule has 1 aromatic carbocycles. The predicted molar refractivity (Wildman–Crippen MR) is 123 cm³/mol. The SMILES string of the molecule is C=Cc1ccc(COc2cccc(NC(=S)NC(=O)c3cccnc3)c2)nc1C=C. The number of hydrogen-bond acceptors (Lipinski definition) is 5. The molecule has 150 valence electrons. The predicted octanol–water partition coefficient (Wildman–Crippen LogP) is 4.47. The first-order chi connectivity index (χ1) is 14.6. The highest BCUT2D eigenvalue weighted by Crippen LogP contribution is 2.19. The van der Waals surface area contributed by atoms with Gasteiger partial charge in [-0.05, 0) is 54.2 Å². The molecule has 0 spiro atoms. The molecule has 0 fully saturated rings. The molecule has 2 N–H and O–H groups in total. The quantitative estimate of drug-likeness (QED) is 0.554. The van der Waals surface area contributed by atoms with Gasteiger partial charge in [-0.15, -0.1) is 0 Å². The summed E-state index contributed by atoms with van der Waals surface area (Å²) >= 11 is 5.22. The number of benzene rings is 1. The summed E-state index contributed by atoms with van der Waals surface area (Å²) in [5.74, 6) is 0.302. The van der Waals surface area contributed by atoms with Gasteiger partial charge < -0.3 is 10.1 Å². The summed E-state index contributed by atoms with van der Waals surface area (Å²) in [4.78, 5) is 20.6. The third-order valence-corrected chi connectivity index (χ3v) is 4.26. The number of ether oxygens (including phenoxy) is 1. The van der Waals surface area contributed by atoms with Gasteiger partial charge in [0.15, 0.2) is 5.11 Å². The van der Waals surface area contributed by atoms with Crippen LogP contribution in [0.25, 0.3) is 12.2 Å². The molecule has 0 aliphatic rings. The summed E-state index contributed by atoms with van der Waals surface area (Å²) in [6.07, 6.45) is 6.49. The van der Waals surface area contributed by atoms with Gasteiger partial charge in [0.2, 0.25) is 0 Å². The normalized spacial score (nSPS) is 10.0. The summed E-state index contributed by atoms with van der Waals surface area (Å²) in [6.45, 7) is 7.83. The van der Waals surface area contributed by atoms with Crippen molar-refractivity contribution in [2.75, 3.05) is 5.32 Å². The maximum absolute atomic E-state index is 12.1. The van der Waals surface area contributed by atoms with Crippen molar-refractivity contribution in [2.45, 2.75) is 6.61 Å². The van der Waals surface area contributed by atoms with Crippen LogP contribution in [-0.2, 0) is 6.61 Å². The third-order valence-electron chi connectivity index (χ3n) is 4.06. The highest BCUT2D eigenvalue weighted by molar-refractivity contribution is 7.80. The summed E-state index contributed by atoms with van der Waals surface area (Å²) in [5.41, 5.74) is 3.56. The third kappa shape index (κ3) is 5.59. The Morgan fingerprint density at radius 1 is 1.13 bits per heavy atom. The lowest BCUT2D eigenvalue weighted by Gasteiger charge is -2.12. The molecule has 0 atom stereocenters. The van der Waals surface area contributed by atoms with Gasteiger partial charge in [0.1, 0.15) is 12.4 Å². The number of anilines is 1. The smallest absolute Gasteiger partial charge is 0.258 e. The summed E-state index contributed by atoms with van der Waals surface area (Å²) < 4.78 is 5.84. The van der Waals surface area contributed by atoms with Gasteiger partial charge in [0.25, 0.3) is 5.91 Å². The first kappa shape index (κ1) is 20.9. The van der Waals surface area contributed by atoms with Gasteiger partial charge in [-0.1, -0.05) is 31.4 Å². The van der Waals surface area contributed by atoms with E-state index in [0.29, 0.717) is 23.6 Å². The Labute approximate surface area is 180 Å². The van der Waals surface area contributed by atoms with Gasteiger partial charge >= 0.3 is 0 Å². The molecule has 6 nitrogen and oxygen atoms in total. The molecule has 0 aliphatic carbocycles. The van der Waals surface area contributed by atoms with E-state index in [9.17, 15) is 4.79 Å². The van der Waals surface area contributed by atoms with E-state index in [1.165, 1.54) is 6.20 Å². The fourth-order valence-electron chi connectivity index (χ4n) is 2.60. The van der Waals surface area contributed by atoms with Crippen LogP contribution in [0.4, 0.5) is 5.69 Å². The Morgan fingerprint density at radius 3 is 2.73 bits per heavy atom. The number of amides is 1.